The van der Waals surface area contributed by atoms with E-state index in [9.17, 15) is 65.8 Å². The number of esters is 1. The van der Waals surface area contributed by atoms with E-state index in [4.69, 9.17) is 24.1 Å². The van der Waals surface area contributed by atoms with Crippen molar-refractivity contribution in [3.05, 3.63) is 0 Å². The second-order valence-corrected chi connectivity index (χ2v) is 9.20. The summed E-state index contributed by atoms with van der Waals surface area (Å²) in [4.78, 5) is 24.1. The molecule has 18 nitrogen and oxygen atoms in total. The molecule has 2 heterocycles. The summed E-state index contributed by atoms with van der Waals surface area (Å²) in [7, 11) is 0. The molecule has 2 aliphatic rings. The van der Waals surface area contributed by atoms with Crippen LogP contribution in [0.25, 0.3) is 0 Å². The zero-order valence-corrected chi connectivity index (χ0v) is 20.5. The van der Waals surface area contributed by atoms with Crippen LogP contribution >= 0.6 is 0 Å². The Hall–Kier alpha value is -1.46. The molecule has 0 aliphatic carbocycles. The van der Waals surface area contributed by atoms with E-state index in [-0.39, 0.29) is 0 Å². The molecule has 0 saturated carbocycles. The Balaban J connectivity index is 1.94. The number of carbonyl (C=O) groups excluding carboxylic acids is 2. The number of Topliss-reactive ketones (excluding diaryl/α,β-unsaturated/α-hetero) is 1. The Morgan fingerprint density at radius 1 is 0.821 bits per heavy atom. The molecule has 0 spiro atoms. The van der Waals surface area contributed by atoms with Gasteiger partial charge in [0.15, 0.2) is 12.1 Å². The first-order valence-corrected chi connectivity index (χ1v) is 11.9. The van der Waals surface area contributed by atoms with Gasteiger partial charge in [0, 0.05) is 6.42 Å². The molecule has 228 valence electrons. The molecule has 2 saturated heterocycles. The summed E-state index contributed by atoms with van der Waals surface area (Å²) < 4.78 is 20.7. The lowest BCUT2D eigenvalue weighted by molar-refractivity contribution is -0.383. The first-order chi connectivity index (χ1) is 18.2. The fraction of sp³-hybridized carbons (Fsp3) is 0.905. The average Bonchev–Trinajstić information content (AvgIpc) is 3.18. The maximum atomic E-state index is 12.1. The van der Waals surface area contributed by atoms with Crippen LogP contribution in [0.2, 0.25) is 0 Å². The number of hydrogen-bond acceptors (Lipinski definition) is 18. The highest BCUT2D eigenvalue weighted by Crippen LogP contribution is 2.36. The van der Waals surface area contributed by atoms with Gasteiger partial charge in [0.25, 0.3) is 0 Å². The number of carbonyl (C=O) groups is 2. The van der Waals surface area contributed by atoms with Gasteiger partial charge in [0.1, 0.15) is 80.4 Å². The number of rotatable bonds is 14. The van der Waals surface area contributed by atoms with Crippen molar-refractivity contribution in [3.63, 3.8) is 0 Å². The topological polar surface area (TPSA) is 314 Å². The van der Waals surface area contributed by atoms with Crippen LogP contribution in [0.15, 0.2) is 0 Å². The highest BCUT2D eigenvalue weighted by molar-refractivity contribution is 5.86. The highest BCUT2D eigenvalue weighted by atomic mass is 16.8. The molecule has 0 radical (unpaired) electrons. The molecule has 0 aromatic carbocycles. The maximum Gasteiger partial charge on any atom is 0.306 e. The van der Waals surface area contributed by atoms with Gasteiger partial charge in [0.2, 0.25) is 5.79 Å². The van der Waals surface area contributed by atoms with Crippen molar-refractivity contribution in [2.45, 2.75) is 92.1 Å². The third-order valence-corrected chi connectivity index (χ3v) is 6.46. The fourth-order valence-electron chi connectivity index (χ4n) is 3.95. The van der Waals surface area contributed by atoms with Crippen LogP contribution in [0, 0.1) is 0 Å². The molecule has 0 amide bonds. The molecular formula is C21H36O18. The molecule has 2 rings (SSSR count). The minimum atomic E-state index is -2.41. The Morgan fingerprint density at radius 2 is 1.46 bits per heavy atom. The molecule has 0 bridgehead atoms. The van der Waals surface area contributed by atoms with E-state index in [2.05, 4.69) is 0 Å². The van der Waals surface area contributed by atoms with E-state index >= 15 is 0 Å². The molecule has 13 atom stereocenters. The van der Waals surface area contributed by atoms with Gasteiger partial charge < -0.3 is 80.2 Å². The molecule has 0 aromatic rings. The van der Waals surface area contributed by atoms with Gasteiger partial charge in [-0.2, -0.15) is 0 Å². The van der Waals surface area contributed by atoms with Crippen molar-refractivity contribution < 1.29 is 89.8 Å². The minimum Gasteiger partial charge on any atom is -0.463 e. The van der Waals surface area contributed by atoms with Crippen molar-refractivity contribution in [3.8, 4) is 0 Å². The minimum absolute atomic E-state index is 0.663. The molecule has 0 unspecified atom stereocenters. The lowest BCUT2D eigenvalue weighted by Crippen LogP contribution is -2.62. The van der Waals surface area contributed by atoms with Gasteiger partial charge in [-0.1, -0.05) is 0 Å². The highest BCUT2D eigenvalue weighted by Gasteiger charge is 2.58. The normalized spacial score (nSPS) is 38.2. The zero-order valence-electron chi connectivity index (χ0n) is 20.5. The van der Waals surface area contributed by atoms with Gasteiger partial charge in [-0.3, -0.25) is 9.59 Å². The van der Waals surface area contributed by atoms with Crippen molar-refractivity contribution in [1.29, 1.82) is 0 Å². The van der Waals surface area contributed by atoms with Crippen LogP contribution in [0.3, 0.4) is 0 Å². The van der Waals surface area contributed by atoms with E-state index in [1.54, 1.807) is 0 Å². The van der Waals surface area contributed by atoms with Crippen LogP contribution in [0.4, 0.5) is 0 Å². The van der Waals surface area contributed by atoms with Crippen LogP contribution < -0.4 is 0 Å². The lowest BCUT2D eigenvalue weighted by Gasteiger charge is -2.43. The number of hydrogen-bond donors (Lipinski definition) is 12. The van der Waals surface area contributed by atoms with Crippen molar-refractivity contribution in [1.82, 2.24) is 0 Å². The molecular weight excluding hydrogens is 540 g/mol. The Bertz CT molecular complexity index is 799. The molecule has 12 N–H and O–H groups in total. The van der Waals surface area contributed by atoms with Crippen LogP contribution in [-0.4, -0.2) is 179 Å². The van der Waals surface area contributed by atoms with Gasteiger partial charge in [0.05, 0.1) is 19.6 Å². The Kier molecular flexibility index (Phi) is 12.5. The van der Waals surface area contributed by atoms with Gasteiger partial charge in [-0.15, -0.1) is 0 Å². The van der Waals surface area contributed by atoms with Crippen molar-refractivity contribution in [2.75, 3.05) is 26.4 Å². The molecule has 18 heteroatoms. The van der Waals surface area contributed by atoms with Crippen molar-refractivity contribution in [2.24, 2.45) is 0 Å². The first-order valence-electron chi connectivity index (χ1n) is 11.9. The largest absolute Gasteiger partial charge is 0.463 e. The summed E-state index contributed by atoms with van der Waals surface area (Å²) in [6.07, 6.45) is -23.9. The zero-order chi connectivity index (χ0) is 29.7. The summed E-state index contributed by atoms with van der Waals surface area (Å²) in [6, 6.07) is 0. The Morgan fingerprint density at radius 3 is 2.00 bits per heavy atom. The van der Waals surface area contributed by atoms with Crippen molar-refractivity contribution >= 4 is 11.8 Å². The lowest BCUT2D eigenvalue weighted by atomic mass is 9.98. The van der Waals surface area contributed by atoms with E-state index in [0.29, 0.717) is 0 Å². The second-order valence-electron chi connectivity index (χ2n) is 9.20. The predicted octanol–water partition coefficient (Wildman–Crippen LogP) is -8.06. The molecule has 39 heavy (non-hydrogen) atoms. The quantitative estimate of drug-likeness (QED) is 0.0854. The van der Waals surface area contributed by atoms with Crippen LogP contribution in [0.1, 0.15) is 12.8 Å². The van der Waals surface area contributed by atoms with E-state index in [0.717, 1.165) is 0 Å². The smallest absolute Gasteiger partial charge is 0.306 e. The average molecular weight is 577 g/mol. The summed E-state index contributed by atoms with van der Waals surface area (Å²) in [5.74, 6) is -4.60. The van der Waals surface area contributed by atoms with E-state index in [1.165, 1.54) is 0 Å². The third kappa shape index (κ3) is 7.64. The Labute approximate surface area is 220 Å². The fourth-order valence-corrected chi connectivity index (χ4v) is 3.95. The SMILES string of the molecule is O=C(CCC(=O)[C@@H](O)[C@@H](O)[C@H](O)[C@H](O)CO)OC[C@H]1O[C@H](O[C@]2(CO)O[C@H](CO)[C@@H](O)[C@@H]2O)[C@H](O)[C@@H](O)[C@@H]1O. The number of aliphatic hydroxyl groups excluding tert-OH is 12. The monoisotopic (exact) mass is 576 g/mol. The third-order valence-electron chi connectivity index (χ3n) is 6.46. The molecule has 0 aromatic heterocycles. The van der Waals surface area contributed by atoms with E-state index in [1.807, 2.05) is 0 Å². The number of ketones is 1. The van der Waals surface area contributed by atoms with Gasteiger partial charge in [-0.25, -0.2) is 0 Å². The molecule has 2 fully saturated rings. The molecule has 2 aliphatic heterocycles. The summed E-state index contributed by atoms with van der Waals surface area (Å²) >= 11 is 0. The van der Waals surface area contributed by atoms with E-state index < -0.39 is 130 Å². The summed E-state index contributed by atoms with van der Waals surface area (Å²) in [6.45, 7) is -3.61. The maximum absolute atomic E-state index is 12.1. The van der Waals surface area contributed by atoms with Crippen LogP contribution in [-0.2, 0) is 28.5 Å². The van der Waals surface area contributed by atoms with Gasteiger partial charge >= 0.3 is 5.97 Å². The summed E-state index contributed by atoms with van der Waals surface area (Å²) in [5.41, 5.74) is 0. The van der Waals surface area contributed by atoms with Gasteiger partial charge in [-0.05, 0) is 0 Å². The number of aliphatic hydroxyl groups is 12. The summed E-state index contributed by atoms with van der Waals surface area (Å²) in [5, 5.41) is 117. The standard InChI is InChI=1S/C21H36O18/c22-3-8(26)13(29)16(32)12(28)7(25)1-2-11(27)36-5-10-14(30)17(33)18(34)20(37-10)39-21(6-24)19(35)15(31)9(4-23)38-21/h8-10,12-20,22-24,26,28-35H,1-6H2/t8-,9-,10-,12-,13-,14-,15-,16-,17+,18-,19+,20-,21+/m1/s1. The number of ether oxygens (including phenoxy) is 4. The first kappa shape index (κ1) is 33.7. The van der Waals surface area contributed by atoms with Crippen LogP contribution in [0.5, 0.6) is 0 Å². The predicted molar refractivity (Wildman–Crippen MR) is 118 cm³/mol. The second kappa shape index (κ2) is 14.4.